The lowest BCUT2D eigenvalue weighted by molar-refractivity contribution is -0.122. The summed E-state index contributed by atoms with van der Waals surface area (Å²) in [6, 6.07) is 13.7. The van der Waals surface area contributed by atoms with E-state index in [4.69, 9.17) is 15.2 Å². The number of rotatable bonds is 9. The fraction of sp³-hybridized carbons (Fsp3) is 0.364. The Labute approximate surface area is 179 Å². The molecule has 0 aliphatic rings. The molecule has 2 aromatic rings. The summed E-state index contributed by atoms with van der Waals surface area (Å²) < 4.78 is 11.2. The van der Waals surface area contributed by atoms with Crippen LogP contribution in [-0.4, -0.2) is 24.6 Å². The summed E-state index contributed by atoms with van der Waals surface area (Å²) in [7, 11) is 0. The fourth-order valence-corrected chi connectivity index (χ4v) is 2.93. The zero-order chi connectivity index (χ0) is 21.2. The third kappa shape index (κ3) is 8.25. The van der Waals surface area contributed by atoms with Crippen LogP contribution in [0.3, 0.4) is 0 Å². The molecule has 0 radical (unpaired) electrons. The molecule has 0 aromatic heterocycles. The van der Waals surface area contributed by atoms with Gasteiger partial charge in [-0.1, -0.05) is 60.1 Å². The van der Waals surface area contributed by atoms with Crippen LogP contribution in [0.4, 0.5) is 4.79 Å². The maximum Gasteiger partial charge on any atom is 0.514 e. The molecule has 2 rings (SSSR count). The number of amides is 1. The first kappa shape index (κ1) is 22.9. The van der Waals surface area contributed by atoms with Crippen molar-refractivity contribution in [2.45, 2.75) is 39.3 Å². The van der Waals surface area contributed by atoms with E-state index in [0.717, 1.165) is 22.0 Å². The zero-order valence-corrected chi connectivity index (χ0v) is 18.3. The number of hydrogen-bond acceptors (Lipinski definition) is 5. The van der Waals surface area contributed by atoms with Crippen molar-refractivity contribution in [1.29, 1.82) is 0 Å². The quantitative estimate of drug-likeness (QED) is 0.430. The Balaban J connectivity index is 1.78. The Morgan fingerprint density at radius 1 is 1.10 bits per heavy atom. The van der Waals surface area contributed by atoms with Gasteiger partial charge in [0.2, 0.25) is 5.91 Å². The highest BCUT2D eigenvalue weighted by atomic mass is 79.9. The highest BCUT2D eigenvalue weighted by molar-refractivity contribution is 9.10. The molecule has 1 amide bonds. The molecule has 0 bridgehead atoms. The van der Waals surface area contributed by atoms with Crippen molar-refractivity contribution >= 4 is 28.0 Å². The van der Waals surface area contributed by atoms with E-state index in [1.165, 1.54) is 0 Å². The second kappa shape index (κ2) is 11.6. The molecule has 0 saturated carbocycles. The number of benzene rings is 2. The number of hydrogen-bond donors (Lipinski definition) is 2. The highest BCUT2D eigenvalue weighted by Gasteiger charge is 2.14. The van der Waals surface area contributed by atoms with Gasteiger partial charge in [0.15, 0.2) is 0 Å². The third-order valence-corrected chi connectivity index (χ3v) is 5.01. The van der Waals surface area contributed by atoms with E-state index >= 15 is 0 Å². The Morgan fingerprint density at radius 3 is 2.45 bits per heavy atom. The van der Waals surface area contributed by atoms with Crippen molar-refractivity contribution in [2.75, 3.05) is 6.54 Å². The molecule has 29 heavy (non-hydrogen) atoms. The van der Waals surface area contributed by atoms with Crippen LogP contribution >= 0.6 is 15.9 Å². The minimum absolute atomic E-state index is 0.110. The highest BCUT2D eigenvalue weighted by Crippen LogP contribution is 2.18. The lowest BCUT2D eigenvalue weighted by atomic mass is 10.1. The van der Waals surface area contributed by atoms with E-state index < -0.39 is 12.2 Å². The molecule has 3 N–H and O–H groups in total. The second-order valence-electron chi connectivity index (χ2n) is 7.16. The summed E-state index contributed by atoms with van der Waals surface area (Å²) in [6.45, 7) is 4.94. The van der Waals surface area contributed by atoms with Crippen molar-refractivity contribution < 1.29 is 19.1 Å². The largest absolute Gasteiger partial charge is 0.514 e. The smallest absolute Gasteiger partial charge is 0.429 e. The summed E-state index contributed by atoms with van der Waals surface area (Å²) in [4.78, 5) is 23.9. The molecule has 0 fully saturated rings. The number of ether oxygens (including phenoxy) is 2. The Kier molecular flexibility index (Phi) is 9.15. The third-order valence-electron chi connectivity index (χ3n) is 4.24. The average Bonchev–Trinajstić information content (AvgIpc) is 2.68. The van der Waals surface area contributed by atoms with Crippen molar-refractivity contribution in [3.8, 4) is 5.75 Å². The van der Waals surface area contributed by atoms with Gasteiger partial charge in [0.1, 0.15) is 12.4 Å². The van der Waals surface area contributed by atoms with E-state index in [2.05, 4.69) is 35.1 Å². The average molecular weight is 463 g/mol. The first-order valence-electron chi connectivity index (χ1n) is 9.55. The number of halogens is 1. The number of nitrogens with two attached hydrogens (primary N) is 1. The van der Waals surface area contributed by atoms with Gasteiger partial charge >= 0.3 is 6.16 Å². The molecule has 0 aliphatic heterocycles. The molecule has 7 heteroatoms. The summed E-state index contributed by atoms with van der Waals surface area (Å²) in [5.41, 5.74) is 7.70. The van der Waals surface area contributed by atoms with Crippen LogP contribution in [0.1, 0.15) is 31.4 Å². The van der Waals surface area contributed by atoms with E-state index in [1.54, 1.807) is 24.3 Å². The Morgan fingerprint density at radius 2 is 1.79 bits per heavy atom. The van der Waals surface area contributed by atoms with Crippen LogP contribution in [0.5, 0.6) is 5.75 Å². The Hall–Kier alpha value is -2.38. The summed E-state index contributed by atoms with van der Waals surface area (Å²) >= 11 is 3.40. The van der Waals surface area contributed by atoms with Crippen LogP contribution < -0.4 is 15.8 Å². The number of nitrogens with one attached hydrogen (secondary N) is 1. The van der Waals surface area contributed by atoms with E-state index in [1.807, 2.05) is 24.3 Å². The number of carbonyl (C=O) groups is 2. The normalized spacial score (nSPS) is 11.8. The van der Waals surface area contributed by atoms with Gasteiger partial charge in [-0.05, 0) is 42.5 Å². The van der Waals surface area contributed by atoms with E-state index in [-0.39, 0.29) is 12.5 Å². The van der Waals surface area contributed by atoms with Gasteiger partial charge in [-0.2, -0.15) is 0 Å². The van der Waals surface area contributed by atoms with Crippen molar-refractivity contribution in [1.82, 2.24) is 5.32 Å². The van der Waals surface area contributed by atoms with Crippen LogP contribution in [0.15, 0.2) is 53.0 Å². The fourth-order valence-electron chi connectivity index (χ4n) is 2.53. The molecule has 0 spiro atoms. The van der Waals surface area contributed by atoms with Gasteiger partial charge in [0, 0.05) is 16.6 Å². The molecule has 2 aromatic carbocycles. The lowest BCUT2D eigenvalue weighted by Crippen LogP contribution is -2.42. The van der Waals surface area contributed by atoms with Crippen LogP contribution in [0.25, 0.3) is 0 Å². The van der Waals surface area contributed by atoms with Crippen LogP contribution in [-0.2, 0) is 22.6 Å². The standard InChI is InChI=1S/C22H27BrN2O4/c1-15(2)11-12-25-21(26)20(24)13-16-7-9-18(10-8-16)29-22(27)28-14-17-5-3-4-6-19(17)23/h3-10,15,20H,11-14,24H2,1-2H3,(H,25,26)/t20-/m0/s1. The van der Waals surface area contributed by atoms with Crippen molar-refractivity contribution in [3.05, 3.63) is 64.1 Å². The van der Waals surface area contributed by atoms with Crippen molar-refractivity contribution in [2.24, 2.45) is 11.7 Å². The van der Waals surface area contributed by atoms with E-state index in [0.29, 0.717) is 24.6 Å². The summed E-state index contributed by atoms with van der Waals surface area (Å²) in [5, 5.41) is 2.85. The Bertz CT molecular complexity index is 809. The second-order valence-corrected chi connectivity index (χ2v) is 8.01. The van der Waals surface area contributed by atoms with Gasteiger partial charge < -0.3 is 20.5 Å². The van der Waals surface area contributed by atoms with Crippen molar-refractivity contribution in [3.63, 3.8) is 0 Å². The molecule has 156 valence electrons. The molecule has 0 saturated heterocycles. The summed E-state index contributed by atoms with van der Waals surface area (Å²) in [5.74, 6) is 0.724. The first-order chi connectivity index (χ1) is 13.8. The zero-order valence-electron chi connectivity index (χ0n) is 16.7. The number of carbonyl (C=O) groups excluding carboxylic acids is 2. The molecule has 0 aliphatic carbocycles. The first-order valence-corrected chi connectivity index (χ1v) is 10.3. The molecule has 6 nitrogen and oxygen atoms in total. The van der Waals surface area contributed by atoms with Gasteiger partial charge in [0.25, 0.3) is 0 Å². The minimum Gasteiger partial charge on any atom is -0.429 e. The van der Waals surface area contributed by atoms with E-state index in [9.17, 15) is 9.59 Å². The monoisotopic (exact) mass is 462 g/mol. The van der Waals surface area contributed by atoms with Gasteiger partial charge in [-0.15, -0.1) is 0 Å². The van der Waals surface area contributed by atoms with Crippen LogP contribution in [0.2, 0.25) is 0 Å². The topological polar surface area (TPSA) is 90.7 Å². The lowest BCUT2D eigenvalue weighted by Gasteiger charge is -2.13. The molecular formula is C22H27BrN2O4. The van der Waals surface area contributed by atoms with Gasteiger partial charge in [-0.3, -0.25) is 4.79 Å². The maximum atomic E-state index is 12.0. The summed E-state index contributed by atoms with van der Waals surface area (Å²) in [6.07, 6.45) is 0.539. The molecular weight excluding hydrogens is 436 g/mol. The maximum absolute atomic E-state index is 12.0. The predicted octanol–water partition coefficient (Wildman–Crippen LogP) is 4.20. The SMILES string of the molecule is CC(C)CCNC(=O)[C@@H](N)Cc1ccc(OC(=O)OCc2ccccc2Br)cc1. The predicted molar refractivity (Wildman–Crippen MR) is 116 cm³/mol. The van der Waals surface area contributed by atoms with Crippen LogP contribution in [0, 0.1) is 5.92 Å². The van der Waals surface area contributed by atoms with Gasteiger partial charge in [-0.25, -0.2) is 4.79 Å². The molecule has 0 unspecified atom stereocenters. The van der Waals surface area contributed by atoms with Gasteiger partial charge in [0.05, 0.1) is 6.04 Å². The molecule has 1 atom stereocenters. The molecule has 0 heterocycles. The minimum atomic E-state index is -0.783.